The van der Waals surface area contributed by atoms with Gasteiger partial charge in [-0.2, -0.15) is 5.26 Å². The molecule has 0 spiro atoms. The van der Waals surface area contributed by atoms with Crippen LogP contribution in [0.15, 0.2) is 23.8 Å². The third-order valence-electron chi connectivity index (χ3n) is 1.97. The minimum absolute atomic E-state index is 0.541. The van der Waals surface area contributed by atoms with Crippen molar-refractivity contribution in [3.8, 4) is 6.07 Å². The van der Waals surface area contributed by atoms with Crippen LogP contribution in [0.1, 0.15) is 23.6 Å². The van der Waals surface area contributed by atoms with Gasteiger partial charge in [0.15, 0.2) is 0 Å². The quantitative estimate of drug-likeness (QED) is 0.640. The largest absolute Gasteiger partial charge is 0.193 e. The van der Waals surface area contributed by atoms with Crippen LogP contribution in [0, 0.1) is 25.2 Å². The Bertz CT molecular complexity index is 404. The summed E-state index contributed by atoms with van der Waals surface area (Å²) in [6.45, 7) is 5.75. The molecule has 0 saturated heterocycles. The van der Waals surface area contributed by atoms with E-state index < -0.39 is 0 Å². The van der Waals surface area contributed by atoms with Crippen molar-refractivity contribution in [2.45, 2.75) is 20.8 Å². The zero-order valence-corrected chi connectivity index (χ0v) is 9.31. The van der Waals surface area contributed by atoms with Crippen molar-refractivity contribution in [3.05, 3.63) is 40.5 Å². The number of rotatable bonds is 1. The Kier molecular flexibility index (Phi) is 3.33. The van der Waals surface area contributed by atoms with Gasteiger partial charge in [-0.3, -0.25) is 0 Å². The second-order valence-electron chi connectivity index (χ2n) is 3.43. The molecular formula is C12H12ClN. The monoisotopic (exact) mass is 205 g/mol. The van der Waals surface area contributed by atoms with Gasteiger partial charge in [-0.25, -0.2) is 0 Å². The van der Waals surface area contributed by atoms with Crippen molar-refractivity contribution in [1.29, 1.82) is 5.26 Å². The van der Waals surface area contributed by atoms with Gasteiger partial charge >= 0.3 is 0 Å². The van der Waals surface area contributed by atoms with E-state index in [9.17, 15) is 0 Å². The lowest BCUT2D eigenvalue weighted by Crippen LogP contribution is -1.85. The molecule has 1 aromatic carbocycles. The zero-order valence-electron chi connectivity index (χ0n) is 8.56. The summed E-state index contributed by atoms with van der Waals surface area (Å²) in [5, 5.41) is 9.25. The Morgan fingerprint density at radius 3 is 2.14 bits per heavy atom. The molecule has 0 saturated carbocycles. The van der Waals surface area contributed by atoms with Gasteiger partial charge < -0.3 is 0 Å². The molecule has 0 N–H and O–H groups in total. The van der Waals surface area contributed by atoms with Gasteiger partial charge in [0.1, 0.15) is 0 Å². The molecule has 0 aromatic heterocycles. The highest BCUT2D eigenvalue weighted by atomic mass is 35.5. The summed E-state index contributed by atoms with van der Waals surface area (Å²) in [7, 11) is 0. The Balaban J connectivity index is 3.28. The van der Waals surface area contributed by atoms with Crippen molar-refractivity contribution in [1.82, 2.24) is 0 Å². The molecule has 1 aromatic rings. The first kappa shape index (κ1) is 10.8. The fourth-order valence-corrected chi connectivity index (χ4v) is 1.52. The van der Waals surface area contributed by atoms with Crippen LogP contribution in [-0.4, -0.2) is 0 Å². The van der Waals surface area contributed by atoms with E-state index in [0.717, 1.165) is 16.7 Å². The molecule has 0 unspecified atom stereocenters. The first-order chi connectivity index (χ1) is 6.54. The molecule has 0 aliphatic heterocycles. The van der Waals surface area contributed by atoms with Crippen molar-refractivity contribution < 1.29 is 0 Å². The van der Waals surface area contributed by atoms with E-state index in [-0.39, 0.29) is 0 Å². The normalized spacial score (nSPS) is 11.9. The van der Waals surface area contributed by atoms with Gasteiger partial charge in [-0.05, 0) is 26.3 Å². The van der Waals surface area contributed by atoms with Crippen LogP contribution in [0.2, 0.25) is 0 Å². The van der Waals surface area contributed by atoms with Crippen LogP contribution >= 0.6 is 11.6 Å². The molecule has 0 heterocycles. The van der Waals surface area contributed by atoms with Crippen LogP contribution < -0.4 is 0 Å². The van der Waals surface area contributed by atoms with E-state index in [2.05, 4.69) is 6.07 Å². The van der Waals surface area contributed by atoms with E-state index in [1.54, 1.807) is 6.92 Å². The summed E-state index contributed by atoms with van der Waals surface area (Å²) >= 11 is 6.06. The highest BCUT2D eigenvalue weighted by molar-refractivity contribution is 6.49. The van der Waals surface area contributed by atoms with Crippen molar-refractivity contribution in [2.24, 2.45) is 0 Å². The average molecular weight is 206 g/mol. The summed E-state index contributed by atoms with van der Waals surface area (Å²) < 4.78 is 0. The van der Waals surface area contributed by atoms with E-state index >= 15 is 0 Å². The van der Waals surface area contributed by atoms with Crippen molar-refractivity contribution >= 4 is 16.6 Å². The molecule has 0 fully saturated rings. The van der Waals surface area contributed by atoms with Gasteiger partial charge in [0.25, 0.3) is 0 Å². The number of hydrogen-bond donors (Lipinski definition) is 0. The number of nitrogens with zero attached hydrogens (tertiary/aromatic N) is 1. The average Bonchev–Trinajstić information content (AvgIpc) is 2.14. The Morgan fingerprint density at radius 1 is 1.21 bits per heavy atom. The standard InChI is InChI=1S/C12H12ClN/c1-8-4-9(2)6-11(5-8)12(13)10(3)7-14/h4-6H,1-3H3/b12-10-. The molecule has 0 radical (unpaired) electrons. The molecular weight excluding hydrogens is 194 g/mol. The lowest BCUT2D eigenvalue weighted by atomic mass is 10.1. The van der Waals surface area contributed by atoms with E-state index in [4.69, 9.17) is 16.9 Å². The van der Waals surface area contributed by atoms with Gasteiger partial charge in [0.05, 0.1) is 11.1 Å². The Labute approximate surface area is 89.6 Å². The van der Waals surface area contributed by atoms with Gasteiger partial charge in [0.2, 0.25) is 0 Å². The highest BCUT2D eigenvalue weighted by Gasteiger charge is 2.03. The third kappa shape index (κ3) is 2.37. The lowest BCUT2D eigenvalue weighted by Gasteiger charge is -2.04. The summed E-state index contributed by atoms with van der Waals surface area (Å²) in [5.74, 6) is 0. The molecule has 72 valence electrons. The van der Waals surface area contributed by atoms with Crippen LogP contribution in [0.4, 0.5) is 0 Å². The second-order valence-corrected chi connectivity index (χ2v) is 3.81. The molecule has 0 aliphatic carbocycles. The first-order valence-electron chi connectivity index (χ1n) is 4.39. The number of allylic oxidation sites excluding steroid dienone is 1. The predicted octanol–water partition coefficient (Wildman–Crippen LogP) is 3.80. The molecule has 1 nitrogen and oxygen atoms in total. The Hall–Kier alpha value is -1.26. The van der Waals surface area contributed by atoms with Gasteiger partial charge in [-0.15, -0.1) is 0 Å². The van der Waals surface area contributed by atoms with E-state index in [0.29, 0.717) is 10.6 Å². The number of aryl methyl sites for hydroxylation is 2. The summed E-state index contributed by atoms with van der Waals surface area (Å²) in [6, 6.07) is 8.09. The maximum absolute atomic E-state index is 8.71. The minimum atomic E-state index is 0.541. The minimum Gasteiger partial charge on any atom is -0.193 e. The van der Waals surface area contributed by atoms with Crippen LogP contribution in [-0.2, 0) is 0 Å². The topological polar surface area (TPSA) is 23.8 Å². The molecule has 14 heavy (non-hydrogen) atoms. The van der Waals surface area contributed by atoms with Crippen LogP contribution in [0.5, 0.6) is 0 Å². The molecule has 0 aliphatic rings. The summed E-state index contributed by atoms with van der Waals surface area (Å²) in [6.07, 6.45) is 0. The van der Waals surface area contributed by atoms with Crippen LogP contribution in [0.3, 0.4) is 0 Å². The number of benzene rings is 1. The number of nitriles is 1. The molecule has 0 bridgehead atoms. The van der Waals surface area contributed by atoms with Gasteiger partial charge in [-0.1, -0.05) is 40.9 Å². The van der Waals surface area contributed by atoms with E-state index in [1.165, 1.54) is 0 Å². The van der Waals surface area contributed by atoms with Crippen molar-refractivity contribution in [2.75, 3.05) is 0 Å². The first-order valence-corrected chi connectivity index (χ1v) is 4.77. The maximum atomic E-state index is 8.71. The summed E-state index contributed by atoms with van der Waals surface area (Å²) in [4.78, 5) is 0. The SMILES string of the molecule is C/C(C#N)=C(/Cl)c1cc(C)cc(C)c1. The lowest BCUT2D eigenvalue weighted by molar-refractivity contribution is 1.36. The van der Waals surface area contributed by atoms with Gasteiger partial charge in [0, 0.05) is 5.57 Å². The number of hydrogen-bond acceptors (Lipinski definition) is 1. The third-order valence-corrected chi connectivity index (χ3v) is 2.47. The predicted molar refractivity (Wildman–Crippen MR) is 60.0 cm³/mol. The maximum Gasteiger partial charge on any atom is 0.0959 e. The van der Waals surface area contributed by atoms with E-state index in [1.807, 2.05) is 32.0 Å². The molecule has 2 heteroatoms. The molecule has 0 atom stereocenters. The smallest absolute Gasteiger partial charge is 0.0959 e. The molecule has 1 rings (SSSR count). The fraction of sp³-hybridized carbons (Fsp3) is 0.250. The Morgan fingerprint density at radius 2 is 1.71 bits per heavy atom. The second kappa shape index (κ2) is 4.30. The zero-order chi connectivity index (χ0) is 10.7. The summed E-state index contributed by atoms with van der Waals surface area (Å²) in [5.41, 5.74) is 3.78. The fourth-order valence-electron chi connectivity index (χ4n) is 1.37. The molecule has 0 amide bonds. The van der Waals surface area contributed by atoms with Crippen LogP contribution in [0.25, 0.3) is 5.03 Å². The number of halogens is 1. The van der Waals surface area contributed by atoms with Crippen molar-refractivity contribution in [3.63, 3.8) is 0 Å². The highest BCUT2D eigenvalue weighted by Crippen LogP contribution is 2.24.